The highest BCUT2D eigenvalue weighted by Gasteiger charge is 2.13. The fraction of sp³-hybridized carbons (Fsp3) is 0.133. The topological polar surface area (TPSA) is 46.5 Å². The summed E-state index contributed by atoms with van der Waals surface area (Å²) < 4.78 is 5.10. The molecular formula is C15H12Cl2O3. The summed E-state index contributed by atoms with van der Waals surface area (Å²) in [6.45, 7) is 1.83. The Kier molecular flexibility index (Phi) is 4.21. The molecule has 0 atom stereocenters. The van der Waals surface area contributed by atoms with Gasteiger partial charge in [-0.05, 0) is 36.2 Å². The number of methoxy groups -OCH3 is 1. The maximum absolute atomic E-state index is 10.9. The second-order valence-corrected chi connectivity index (χ2v) is 5.12. The number of halogens is 2. The van der Waals surface area contributed by atoms with Crippen LogP contribution in [0.5, 0.6) is 5.75 Å². The van der Waals surface area contributed by atoms with Crippen LogP contribution in [0, 0.1) is 6.92 Å². The molecule has 3 nitrogen and oxygen atoms in total. The number of hydrogen-bond donors (Lipinski definition) is 1. The molecular weight excluding hydrogens is 299 g/mol. The van der Waals surface area contributed by atoms with E-state index in [9.17, 15) is 4.79 Å². The van der Waals surface area contributed by atoms with Crippen molar-refractivity contribution in [1.29, 1.82) is 0 Å². The molecule has 104 valence electrons. The van der Waals surface area contributed by atoms with Crippen LogP contribution in [0.2, 0.25) is 10.0 Å². The molecule has 0 fully saturated rings. The lowest BCUT2D eigenvalue weighted by Gasteiger charge is -2.12. The standard InChI is InChI=1S/C15H12Cl2O3/c1-8-5-9(15(18)19)3-4-10(8)11-6-13(17)14(20-2)7-12(11)16/h3-7H,1-2H3,(H,18,19). The third-order valence-electron chi connectivity index (χ3n) is 3.01. The number of ether oxygens (including phenoxy) is 1. The van der Waals surface area contributed by atoms with Crippen LogP contribution in [-0.4, -0.2) is 18.2 Å². The smallest absolute Gasteiger partial charge is 0.335 e. The molecule has 2 rings (SSSR count). The van der Waals surface area contributed by atoms with Gasteiger partial charge in [-0.2, -0.15) is 0 Å². The van der Waals surface area contributed by atoms with Gasteiger partial charge in [0.05, 0.1) is 22.7 Å². The highest BCUT2D eigenvalue weighted by Crippen LogP contribution is 2.37. The zero-order chi connectivity index (χ0) is 14.9. The summed E-state index contributed by atoms with van der Waals surface area (Å²) in [7, 11) is 1.52. The SMILES string of the molecule is COc1cc(Cl)c(-c2ccc(C(=O)O)cc2C)cc1Cl. The minimum atomic E-state index is -0.960. The van der Waals surface area contributed by atoms with E-state index in [0.29, 0.717) is 15.8 Å². The number of aryl methyl sites for hydroxylation is 1. The molecule has 0 heterocycles. The molecule has 0 aliphatic heterocycles. The lowest BCUT2D eigenvalue weighted by atomic mass is 9.98. The molecule has 2 aromatic carbocycles. The fourth-order valence-corrected chi connectivity index (χ4v) is 2.49. The molecule has 0 aromatic heterocycles. The Morgan fingerprint density at radius 2 is 1.80 bits per heavy atom. The maximum atomic E-state index is 10.9. The minimum Gasteiger partial charge on any atom is -0.495 e. The van der Waals surface area contributed by atoms with E-state index in [0.717, 1.165) is 16.7 Å². The summed E-state index contributed by atoms with van der Waals surface area (Å²) in [6.07, 6.45) is 0. The summed E-state index contributed by atoms with van der Waals surface area (Å²) in [5, 5.41) is 9.92. The normalized spacial score (nSPS) is 10.4. The van der Waals surface area contributed by atoms with Crippen molar-refractivity contribution in [2.24, 2.45) is 0 Å². The van der Waals surface area contributed by atoms with Crippen molar-refractivity contribution >= 4 is 29.2 Å². The van der Waals surface area contributed by atoms with Gasteiger partial charge in [-0.3, -0.25) is 0 Å². The summed E-state index contributed by atoms with van der Waals surface area (Å²) in [6, 6.07) is 8.23. The molecule has 0 spiro atoms. The number of benzene rings is 2. The molecule has 0 aliphatic carbocycles. The van der Waals surface area contributed by atoms with Crippen LogP contribution in [0.4, 0.5) is 0 Å². The first-order chi connectivity index (χ1) is 9.43. The Labute approximate surface area is 126 Å². The second-order valence-electron chi connectivity index (χ2n) is 4.30. The Morgan fingerprint density at radius 3 is 2.35 bits per heavy atom. The first-order valence-corrected chi connectivity index (χ1v) is 6.57. The van der Waals surface area contributed by atoms with E-state index >= 15 is 0 Å². The van der Waals surface area contributed by atoms with Crippen molar-refractivity contribution < 1.29 is 14.6 Å². The molecule has 2 aromatic rings. The number of carboxylic acids is 1. The zero-order valence-corrected chi connectivity index (χ0v) is 12.4. The largest absolute Gasteiger partial charge is 0.495 e. The molecule has 0 saturated carbocycles. The number of carboxylic acid groups (broad SMARTS) is 1. The lowest BCUT2D eigenvalue weighted by Crippen LogP contribution is -1.97. The van der Waals surface area contributed by atoms with Crippen molar-refractivity contribution in [3.05, 3.63) is 51.5 Å². The van der Waals surface area contributed by atoms with E-state index in [1.54, 1.807) is 30.3 Å². The lowest BCUT2D eigenvalue weighted by molar-refractivity contribution is 0.0697. The van der Waals surface area contributed by atoms with Crippen LogP contribution in [0.1, 0.15) is 15.9 Å². The monoisotopic (exact) mass is 310 g/mol. The van der Waals surface area contributed by atoms with Gasteiger partial charge in [0.1, 0.15) is 5.75 Å². The average molecular weight is 311 g/mol. The van der Waals surface area contributed by atoms with Crippen molar-refractivity contribution in [1.82, 2.24) is 0 Å². The zero-order valence-electron chi connectivity index (χ0n) is 10.9. The van der Waals surface area contributed by atoms with Crippen molar-refractivity contribution in [3.8, 4) is 16.9 Å². The van der Waals surface area contributed by atoms with Crippen LogP contribution in [0.3, 0.4) is 0 Å². The summed E-state index contributed by atoms with van der Waals surface area (Å²) in [4.78, 5) is 10.9. The highest BCUT2D eigenvalue weighted by atomic mass is 35.5. The van der Waals surface area contributed by atoms with Crippen LogP contribution in [0.15, 0.2) is 30.3 Å². The molecule has 5 heteroatoms. The van der Waals surface area contributed by atoms with Gasteiger partial charge in [0.25, 0.3) is 0 Å². The van der Waals surface area contributed by atoms with E-state index < -0.39 is 5.97 Å². The maximum Gasteiger partial charge on any atom is 0.335 e. The number of carbonyl (C=O) groups is 1. The van der Waals surface area contributed by atoms with Crippen molar-refractivity contribution in [3.63, 3.8) is 0 Å². The Hall–Kier alpha value is -1.71. The van der Waals surface area contributed by atoms with E-state index in [-0.39, 0.29) is 5.56 Å². The quantitative estimate of drug-likeness (QED) is 0.895. The molecule has 0 unspecified atom stereocenters. The van der Waals surface area contributed by atoms with Crippen LogP contribution >= 0.6 is 23.2 Å². The highest BCUT2D eigenvalue weighted by molar-refractivity contribution is 6.36. The van der Waals surface area contributed by atoms with Gasteiger partial charge in [-0.25, -0.2) is 4.79 Å². The minimum absolute atomic E-state index is 0.238. The number of aromatic carboxylic acids is 1. The predicted molar refractivity (Wildman–Crippen MR) is 80.1 cm³/mol. The van der Waals surface area contributed by atoms with Crippen LogP contribution in [-0.2, 0) is 0 Å². The predicted octanol–water partition coefficient (Wildman–Crippen LogP) is 4.68. The molecule has 20 heavy (non-hydrogen) atoms. The first kappa shape index (κ1) is 14.7. The van der Waals surface area contributed by atoms with Gasteiger partial charge >= 0.3 is 5.97 Å². The molecule has 0 bridgehead atoms. The van der Waals surface area contributed by atoms with Crippen LogP contribution < -0.4 is 4.74 Å². The number of hydrogen-bond acceptors (Lipinski definition) is 2. The van der Waals surface area contributed by atoms with Crippen LogP contribution in [0.25, 0.3) is 11.1 Å². The van der Waals surface area contributed by atoms with Gasteiger partial charge in [-0.1, -0.05) is 29.3 Å². The van der Waals surface area contributed by atoms with E-state index in [1.807, 2.05) is 6.92 Å². The van der Waals surface area contributed by atoms with Gasteiger partial charge in [0.15, 0.2) is 0 Å². The molecule has 0 saturated heterocycles. The second kappa shape index (κ2) is 5.73. The molecule has 0 amide bonds. The summed E-state index contributed by atoms with van der Waals surface area (Å²) in [5.74, 6) is -0.460. The van der Waals surface area contributed by atoms with Crippen molar-refractivity contribution in [2.45, 2.75) is 6.92 Å². The number of rotatable bonds is 3. The Morgan fingerprint density at radius 1 is 1.10 bits per heavy atom. The van der Waals surface area contributed by atoms with Gasteiger partial charge in [0.2, 0.25) is 0 Å². The third kappa shape index (κ3) is 2.74. The van der Waals surface area contributed by atoms with Gasteiger partial charge < -0.3 is 9.84 Å². The summed E-state index contributed by atoms with van der Waals surface area (Å²) >= 11 is 12.3. The van der Waals surface area contributed by atoms with Gasteiger partial charge in [0, 0.05) is 11.6 Å². The first-order valence-electron chi connectivity index (χ1n) is 5.81. The third-order valence-corrected chi connectivity index (χ3v) is 3.61. The Balaban J connectivity index is 2.57. The van der Waals surface area contributed by atoms with Crippen molar-refractivity contribution in [2.75, 3.05) is 7.11 Å². The van der Waals surface area contributed by atoms with Gasteiger partial charge in [-0.15, -0.1) is 0 Å². The van der Waals surface area contributed by atoms with E-state index in [2.05, 4.69) is 0 Å². The molecule has 1 N–H and O–H groups in total. The molecule has 0 aliphatic rings. The fourth-order valence-electron chi connectivity index (χ4n) is 1.99. The van der Waals surface area contributed by atoms with E-state index in [1.165, 1.54) is 7.11 Å². The van der Waals surface area contributed by atoms with E-state index in [4.69, 9.17) is 33.0 Å². The average Bonchev–Trinajstić information content (AvgIpc) is 2.41. The Bertz CT molecular complexity index is 681. The molecule has 0 radical (unpaired) electrons. The summed E-state index contributed by atoms with van der Waals surface area (Å²) in [5.41, 5.74) is 2.63.